The number of amides is 2. The highest BCUT2D eigenvalue weighted by atomic mass is 35.5. The van der Waals surface area contributed by atoms with Gasteiger partial charge in [0.1, 0.15) is 18.3 Å². The summed E-state index contributed by atoms with van der Waals surface area (Å²) in [5, 5.41) is 3.33. The first-order valence-electron chi connectivity index (χ1n) is 13.6. The van der Waals surface area contributed by atoms with Crippen LogP contribution in [0.1, 0.15) is 45.2 Å². The molecule has 220 valence electrons. The van der Waals surface area contributed by atoms with Crippen molar-refractivity contribution in [2.45, 2.75) is 64.6 Å². The van der Waals surface area contributed by atoms with E-state index < -0.39 is 28.5 Å². The van der Waals surface area contributed by atoms with Gasteiger partial charge in [-0.05, 0) is 93.8 Å². The van der Waals surface area contributed by atoms with Crippen LogP contribution in [0.5, 0.6) is 5.75 Å². The molecule has 2 amide bonds. The van der Waals surface area contributed by atoms with E-state index in [-0.39, 0.29) is 29.1 Å². The minimum Gasteiger partial charge on any atom is -0.494 e. The molecule has 10 heteroatoms. The number of benzene rings is 3. The van der Waals surface area contributed by atoms with Crippen molar-refractivity contribution in [3.05, 3.63) is 88.9 Å². The van der Waals surface area contributed by atoms with E-state index in [0.717, 1.165) is 21.9 Å². The Kier molecular flexibility index (Phi) is 11.2. The van der Waals surface area contributed by atoms with E-state index >= 15 is 0 Å². The Balaban J connectivity index is 2.04. The molecule has 0 fully saturated rings. The van der Waals surface area contributed by atoms with Crippen molar-refractivity contribution in [2.24, 2.45) is 0 Å². The van der Waals surface area contributed by atoms with E-state index in [4.69, 9.17) is 16.3 Å². The van der Waals surface area contributed by atoms with Crippen LogP contribution in [0.25, 0.3) is 0 Å². The van der Waals surface area contributed by atoms with Crippen molar-refractivity contribution in [2.75, 3.05) is 17.5 Å². The average Bonchev–Trinajstić information content (AvgIpc) is 2.95. The van der Waals surface area contributed by atoms with Crippen molar-refractivity contribution >= 4 is 39.1 Å². The lowest BCUT2D eigenvalue weighted by Crippen LogP contribution is -2.52. The molecule has 0 unspecified atom stereocenters. The summed E-state index contributed by atoms with van der Waals surface area (Å²) in [6, 6.07) is 18.9. The second-order valence-electron chi connectivity index (χ2n) is 9.83. The lowest BCUT2D eigenvalue weighted by atomic mass is 10.1. The van der Waals surface area contributed by atoms with E-state index in [0.29, 0.717) is 17.4 Å². The number of hydrogen-bond donors (Lipinski definition) is 1. The maximum Gasteiger partial charge on any atom is 0.264 e. The second kappa shape index (κ2) is 14.4. The molecule has 0 aliphatic heterocycles. The van der Waals surface area contributed by atoms with Crippen LogP contribution in [0.3, 0.4) is 0 Å². The number of aryl methyl sites for hydroxylation is 1. The van der Waals surface area contributed by atoms with Crippen LogP contribution < -0.4 is 14.4 Å². The highest BCUT2D eigenvalue weighted by Gasteiger charge is 2.33. The number of nitrogens with zero attached hydrogens (tertiary/aromatic N) is 2. The van der Waals surface area contributed by atoms with Crippen LogP contribution in [0.4, 0.5) is 5.69 Å². The molecule has 0 heterocycles. The number of nitrogens with one attached hydrogen (secondary N) is 1. The zero-order chi connectivity index (χ0) is 30.2. The predicted molar refractivity (Wildman–Crippen MR) is 163 cm³/mol. The van der Waals surface area contributed by atoms with Gasteiger partial charge in [-0.1, -0.05) is 42.8 Å². The summed E-state index contributed by atoms with van der Waals surface area (Å²) < 4.78 is 34.4. The zero-order valence-corrected chi connectivity index (χ0v) is 25.7. The first-order chi connectivity index (χ1) is 19.5. The Labute approximate surface area is 248 Å². The number of carbonyl (C=O) groups is 2. The summed E-state index contributed by atoms with van der Waals surface area (Å²) in [6.45, 7) is 9.36. The monoisotopic (exact) mass is 599 g/mol. The molecule has 2 atom stereocenters. The molecule has 0 radical (unpaired) electrons. The Morgan fingerprint density at radius 2 is 1.59 bits per heavy atom. The predicted octanol–water partition coefficient (Wildman–Crippen LogP) is 5.57. The molecular formula is C31H38ClN3O5S. The maximum atomic E-state index is 14.0. The topological polar surface area (TPSA) is 96.0 Å². The quantitative estimate of drug-likeness (QED) is 0.277. The number of anilines is 1. The summed E-state index contributed by atoms with van der Waals surface area (Å²) >= 11 is 6.01. The molecule has 3 rings (SSSR count). The van der Waals surface area contributed by atoms with Gasteiger partial charge < -0.3 is 15.0 Å². The zero-order valence-electron chi connectivity index (χ0n) is 24.1. The lowest BCUT2D eigenvalue weighted by molar-refractivity contribution is -0.139. The summed E-state index contributed by atoms with van der Waals surface area (Å²) in [5.74, 6) is -0.260. The number of carbonyl (C=O) groups excluding carboxylic acids is 2. The molecule has 0 bridgehead atoms. The van der Waals surface area contributed by atoms with Crippen LogP contribution in [0.2, 0.25) is 5.02 Å². The average molecular weight is 600 g/mol. The van der Waals surface area contributed by atoms with Crippen molar-refractivity contribution in [3.8, 4) is 5.75 Å². The third-order valence-electron chi connectivity index (χ3n) is 6.89. The SMILES string of the molecule is CCOc1ccc(N(CC(=O)N(Cc2ccccc2C)[C@@H](C)C(=O)N[C@@H](C)CC)S(=O)(=O)c2ccc(Cl)cc2)cc1. The number of halogens is 1. The first-order valence-corrected chi connectivity index (χ1v) is 15.4. The summed E-state index contributed by atoms with van der Waals surface area (Å²) in [7, 11) is -4.19. The molecule has 8 nitrogen and oxygen atoms in total. The standard InChI is InChI=1S/C31H38ClN3O5S/c1-6-23(4)33-31(37)24(5)34(20-25-11-9-8-10-22(25)3)30(36)21-35(27-14-16-28(17-15-27)40-7-2)41(38,39)29-18-12-26(32)13-19-29/h8-19,23-24H,6-7,20-21H2,1-5H3,(H,33,37)/t23-,24-/m0/s1. The van der Waals surface area contributed by atoms with Gasteiger partial charge in [-0.3, -0.25) is 13.9 Å². The van der Waals surface area contributed by atoms with Crippen LogP contribution in [-0.2, 0) is 26.2 Å². The molecule has 1 N–H and O–H groups in total. The van der Waals surface area contributed by atoms with Crippen LogP contribution in [0, 0.1) is 6.92 Å². The Bertz CT molecular complexity index is 1430. The Morgan fingerprint density at radius 3 is 2.17 bits per heavy atom. The van der Waals surface area contributed by atoms with E-state index in [9.17, 15) is 18.0 Å². The van der Waals surface area contributed by atoms with Gasteiger partial charge in [0.25, 0.3) is 10.0 Å². The number of ether oxygens (including phenoxy) is 1. The minimum atomic E-state index is -4.19. The molecular weight excluding hydrogens is 562 g/mol. The van der Waals surface area contributed by atoms with E-state index in [1.807, 2.05) is 52.0 Å². The number of rotatable bonds is 13. The molecule has 0 aliphatic carbocycles. The molecule has 0 spiro atoms. The molecule has 0 saturated heterocycles. The van der Waals surface area contributed by atoms with Gasteiger partial charge >= 0.3 is 0 Å². The first kappa shape index (κ1) is 32.0. The van der Waals surface area contributed by atoms with Crippen LogP contribution in [0.15, 0.2) is 77.7 Å². The Morgan fingerprint density at radius 1 is 0.951 bits per heavy atom. The smallest absolute Gasteiger partial charge is 0.264 e. The summed E-state index contributed by atoms with van der Waals surface area (Å²) in [4.78, 5) is 28.6. The van der Waals surface area contributed by atoms with Gasteiger partial charge in [-0.15, -0.1) is 0 Å². The van der Waals surface area contributed by atoms with Crippen molar-refractivity contribution in [1.82, 2.24) is 10.2 Å². The van der Waals surface area contributed by atoms with E-state index in [1.165, 1.54) is 29.2 Å². The molecule has 41 heavy (non-hydrogen) atoms. The maximum absolute atomic E-state index is 14.0. The normalized spacial score (nSPS) is 12.7. The summed E-state index contributed by atoms with van der Waals surface area (Å²) in [5.41, 5.74) is 2.10. The van der Waals surface area contributed by atoms with Gasteiger partial charge in [0.15, 0.2) is 0 Å². The van der Waals surface area contributed by atoms with Crippen molar-refractivity contribution < 1.29 is 22.7 Å². The van der Waals surface area contributed by atoms with Crippen LogP contribution in [-0.4, -0.2) is 50.4 Å². The van der Waals surface area contributed by atoms with Gasteiger partial charge in [-0.25, -0.2) is 8.42 Å². The molecule has 3 aromatic carbocycles. The summed E-state index contributed by atoms with van der Waals surface area (Å²) in [6.07, 6.45) is 0.731. The highest BCUT2D eigenvalue weighted by molar-refractivity contribution is 7.92. The van der Waals surface area contributed by atoms with E-state index in [2.05, 4.69) is 5.32 Å². The van der Waals surface area contributed by atoms with Crippen LogP contribution >= 0.6 is 11.6 Å². The molecule has 0 aliphatic rings. The van der Waals surface area contributed by atoms with Crippen molar-refractivity contribution in [3.63, 3.8) is 0 Å². The molecule has 0 aromatic heterocycles. The number of sulfonamides is 1. The molecule has 0 saturated carbocycles. The lowest BCUT2D eigenvalue weighted by Gasteiger charge is -2.32. The van der Waals surface area contributed by atoms with Gasteiger partial charge in [0.05, 0.1) is 17.2 Å². The second-order valence-corrected chi connectivity index (χ2v) is 12.1. The fourth-order valence-electron chi connectivity index (χ4n) is 4.16. The van der Waals surface area contributed by atoms with Crippen molar-refractivity contribution in [1.29, 1.82) is 0 Å². The fourth-order valence-corrected chi connectivity index (χ4v) is 5.70. The third kappa shape index (κ3) is 8.24. The minimum absolute atomic E-state index is 0.0170. The fraction of sp³-hybridized carbons (Fsp3) is 0.355. The number of hydrogen-bond acceptors (Lipinski definition) is 5. The Hall–Kier alpha value is -3.56. The third-order valence-corrected chi connectivity index (χ3v) is 8.93. The molecule has 3 aromatic rings. The van der Waals surface area contributed by atoms with Gasteiger partial charge in [0.2, 0.25) is 11.8 Å². The van der Waals surface area contributed by atoms with Gasteiger partial charge in [-0.2, -0.15) is 0 Å². The highest BCUT2D eigenvalue weighted by Crippen LogP contribution is 2.27. The van der Waals surface area contributed by atoms with E-state index in [1.54, 1.807) is 31.2 Å². The largest absolute Gasteiger partial charge is 0.494 e. The van der Waals surface area contributed by atoms with Gasteiger partial charge in [0, 0.05) is 17.6 Å².